The Morgan fingerprint density at radius 1 is 1.02 bits per heavy atom. The number of aromatic nitrogens is 1. The van der Waals surface area contributed by atoms with Crippen LogP contribution in [0.25, 0.3) is 10.9 Å². The Morgan fingerprint density at radius 2 is 1.79 bits per heavy atom. The van der Waals surface area contributed by atoms with E-state index in [-0.39, 0.29) is 37.3 Å². The molecule has 4 aliphatic carbocycles. The van der Waals surface area contributed by atoms with Crippen LogP contribution in [0.3, 0.4) is 0 Å². The standard InChI is InChI=1S/C42H53N5O9S/c1-3-27-23-42(27,40(50)46-57(52,53)29-20-21-29)45-37(48)33-22-28-24-47(33)39(49)35(26-13-7-8-14-26)44-41(51)56-34-19-11-15-25(34)12-5-4-6-17-31-36(54-2)30-16-9-10-18-32(30)43-38(31)55-28/h3-4,6,9-10,16,18,25-29,33-35H,1,5,7-8,11-15,17,19-24H2,2H3,(H,44,51)(H,45,48)(H,46,50)/t25-,27-,28-,33+,34-,35+,42-/m1/s1. The first-order valence-electron chi connectivity index (χ1n) is 20.6. The van der Waals surface area contributed by atoms with Gasteiger partial charge in [-0.3, -0.25) is 19.1 Å². The number of carbonyl (C=O) groups is 4. The predicted molar refractivity (Wildman–Crippen MR) is 211 cm³/mol. The minimum absolute atomic E-state index is 0.00614. The van der Waals surface area contributed by atoms with E-state index in [4.69, 9.17) is 19.2 Å². The lowest BCUT2D eigenvalue weighted by atomic mass is 9.96. The summed E-state index contributed by atoms with van der Waals surface area (Å²) < 4.78 is 46.5. The fraction of sp³-hybridized carbons (Fsp3) is 0.595. The van der Waals surface area contributed by atoms with Crippen LogP contribution < -0.4 is 24.8 Å². The van der Waals surface area contributed by atoms with E-state index < -0.39 is 68.7 Å². The summed E-state index contributed by atoms with van der Waals surface area (Å²) in [4.78, 5) is 63.1. The smallest absolute Gasteiger partial charge is 0.408 e. The Labute approximate surface area is 333 Å². The van der Waals surface area contributed by atoms with Gasteiger partial charge in [0.15, 0.2) is 0 Å². The van der Waals surface area contributed by atoms with Gasteiger partial charge in [-0.15, -0.1) is 6.58 Å². The highest BCUT2D eigenvalue weighted by Gasteiger charge is 2.62. The first-order valence-corrected chi connectivity index (χ1v) is 22.1. The molecule has 7 atom stereocenters. The number of pyridine rings is 1. The number of sulfonamides is 1. The average Bonchev–Trinajstić information content (AvgIpc) is 3.98. The van der Waals surface area contributed by atoms with Crippen LogP contribution in [0, 0.1) is 17.8 Å². The van der Waals surface area contributed by atoms with Crippen LogP contribution in [0.1, 0.15) is 89.0 Å². The second kappa shape index (κ2) is 15.9. The molecule has 14 nitrogen and oxygen atoms in total. The predicted octanol–water partition coefficient (Wildman–Crippen LogP) is 4.61. The van der Waals surface area contributed by atoms with Crippen LogP contribution >= 0.6 is 0 Å². The van der Waals surface area contributed by atoms with E-state index in [9.17, 15) is 27.6 Å². The Kier molecular flexibility index (Phi) is 11.0. The maximum Gasteiger partial charge on any atom is 0.408 e. The number of allylic oxidation sites excluding steroid dienone is 2. The lowest BCUT2D eigenvalue weighted by Gasteiger charge is -2.32. The number of nitrogens with one attached hydrogen (secondary N) is 3. The molecule has 306 valence electrons. The third-order valence-electron chi connectivity index (χ3n) is 12.9. The third kappa shape index (κ3) is 7.96. The molecule has 8 rings (SSSR count). The van der Waals surface area contributed by atoms with Gasteiger partial charge in [0.1, 0.15) is 35.6 Å². The Hall–Kier alpha value is -4.66. The lowest BCUT2D eigenvalue weighted by molar-refractivity contribution is -0.142. The highest BCUT2D eigenvalue weighted by Crippen LogP contribution is 2.46. The summed E-state index contributed by atoms with van der Waals surface area (Å²) in [6.45, 7) is 3.81. The molecule has 4 amide bonds. The fourth-order valence-electron chi connectivity index (χ4n) is 9.53. The number of rotatable bonds is 8. The largest absolute Gasteiger partial charge is 0.496 e. The maximum atomic E-state index is 14.9. The van der Waals surface area contributed by atoms with E-state index in [0.717, 1.165) is 68.7 Å². The first kappa shape index (κ1) is 39.2. The Morgan fingerprint density at radius 3 is 2.53 bits per heavy atom. The number of amides is 4. The number of alkyl carbamates (subject to hydrolysis) is 1. The van der Waals surface area contributed by atoms with Crippen molar-refractivity contribution >= 4 is 44.7 Å². The first-order chi connectivity index (χ1) is 27.5. The van der Waals surface area contributed by atoms with Crippen LogP contribution in [0.4, 0.5) is 4.79 Å². The zero-order valence-corrected chi connectivity index (χ0v) is 33.3. The van der Waals surface area contributed by atoms with Gasteiger partial charge < -0.3 is 29.7 Å². The summed E-state index contributed by atoms with van der Waals surface area (Å²) in [6.07, 6.45) is 13.2. The van der Waals surface area contributed by atoms with E-state index in [1.54, 1.807) is 7.11 Å². The van der Waals surface area contributed by atoms with Crippen molar-refractivity contribution in [3.05, 3.63) is 54.6 Å². The van der Waals surface area contributed by atoms with Crippen LogP contribution in [-0.2, 0) is 35.6 Å². The number of carbonyl (C=O) groups excluding carboxylic acids is 4. The summed E-state index contributed by atoms with van der Waals surface area (Å²) in [5.41, 5.74) is -0.149. The Balaban J connectivity index is 1.15. The molecule has 3 N–H and O–H groups in total. The maximum absolute atomic E-state index is 14.9. The van der Waals surface area contributed by atoms with Crippen molar-refractivity contribution in [2.24, 2.45) is 17.8 Å². The molecule has 1 saturated heterocycles. The third-order valence-corrected chi connectivity index (χ3v) is 14.8. The quantitative estimate of drug-likeness (QED) is 0.319. The van der Waals surface area contributed by atoms with Gasteiger partial charge in [0, 0.05) is 17.7 Å². The molecule has 1 aromatic carbocycles. The zero-order valence-electron chi connectivity index (χ0n) is 32.5. The molecule has 4 saturated carbocycles. The summed E-state index contributed by atoms with van der Waals surface area (Å²) in [7, 11) is -2.29. The SMILES string of the molecule is C=C[C@@H]1C[C@]1(NC(=O)[C@@H]1C[C@@H]2CN1C(=O)[C@H](C1CCCC1)NC(=O)O[C@@H]1CCC[C@H]1CCC=CCc1c(nc3ccccc3c1OC)O2)C(=O)NS(=O)(=O)C1CC1. The van der Waals surface area contributed by atoms with Gasteiger partial charge in [0.05, 0.1) is 30.0 Å². The minimum Gasteiger partial charge on any atom is -0.496 e. The van der Waals surface area contributed by atoms with E-state index in [1.807, 2.05) is 24.3 Å². The molecule has 5 fully saturated rings. The Bertz CT molecular complexity index is 2060. The van der Waals surface area contributed by atoms with Gasteiger partial charge in [0.25, 0.3) is 5.91 Å². The van der Waals surface area contributed by atoms with Crippen molar-refractivity contribution in [2.75, 3.05) is 13.7 Å². The van der Waals surface area contributed by atoms with Gasteiger partial charge in [0.2, 0.25) is 27.7 Å². The van der Waals surface area contributed by atoms with Crippen molar-refractivity contribution < 1.29 is 41.8 Å². The number of nitrogens with zero attached hydrogens (tertiary/aromatic N) is 2. The molecule has 2 aromatic rings. The number of ether oxygens (including phenoxy) is 3. The summed E-state index contributed by atoms with van der Waals surface area (Å²) in [5, 5.41) is 5.99. The van der Waals surface area contributed by atoms with E-state index in [0.29, 0.717) is 36.4 Å². The second-order valence-electron chi connectivity index (χ2n) is 16.7. The van der Waals surface area contributed by atoms with Crippen molar-refractivity contribution in [2.45, 2.75) is 125 Å². The van der Waals surface area contributed by atoms with E-state index in [2.05, 4.69) is 34.1 Å². The van der Waals surface area contributed by atoms with Gasteiger partial charge in [-0.2, -0.15) is 0 Å². The van der Waals surface area contributed by atoms with Crippen LogP contribution in [0.2, 0.25) is 0 Å². The zero-order chi connectivity index (χ0) is 39.9. The van der Waals surface area contributed by atoms with Gasteiger partial charge in [-0.05, 0) is 94.6 Å². The van der Waals surface area contributed by atoms with Gasteiger partial charge in [-0.1, -0.05) is 43.2 Å². The number of hydrogen-bond acceptors (Lipinski definition) is 10. The summed E-state index contributed by atoms with van der Waals surface area (Å²) in [6, 6.07) is 5.55. The topological polar surface area (TPSA) is 182 Å². The van der Waals surface area contributed by atoms with Crippen LogP contribution in [0.15, 0.2) is 49.1 Å². The van der Waals surface area contributed by atoms with Gasteiger partial charge in [-0.25, -0.2) is 18.2 Å². The van der Waals surface area contributed by atoms with E-state index in [1.165, 1.54) is 11.0 Å². The number of para-hydroxylation sites is 1. The van der Waals surface area contributed by atoms with Gasteiger partial charge >= 0.3 is 6.09 Å². The minimum atomic E-state index is -3.90. The number of methoxy groups -OCH3 is 1. The molecular weight excluding hydrogens is 751 g/mol. The normalized spacial score (nSPS) is 30.9. The highest BCUT2D eigenvalue weighted by molar-refractivity contribution is 7.91. The molecule has 15 heteroatoms. The molecule has 0 unspecified atom stereocenters. The monoisotopic (exact) mass is 803 g/mol. The van der Waals surface area contributed by atoms with E-state index >= 15 is 0 Å². The molecule has 57 heavy (non-hydrogen) atoms. The molecule has 3 heterocycles. The van der Waals surface area contributed by atoms with Crippen LogP contribution in [0.5, 0.6) is 11.6 Å². The molecule has 0 radical (unpaired) electrons. The summed E-state index contributed by atoms with van der Waals surface area (Å²) in [5.74, 6) is -1.42. The molecule has 2 bridgehead atoms. The van der Waals surface area contributed by atoms with Crippen molar-refractivity contribution in [3.8, 4) is 11.6 Å². The molecule has 1 aromatic heterocycles. The highest BCUT2D eigenvalue weighted by atomic mass is 32.2. The van der Waals surface area contributed by atoms with Crippen molar-refractivity contribution in [1.82, 2.24) is 25.2 Å². The molecule has 2 aliphatic heterocycles. The number of benzene rings is 1. The fourth-order valence-corrected chi connectivity index (χ4v) is 10.9. The number of hydrogen-bond donors (Lipinski definition) is 3. The molecule has 0 spiro atoms. The summed E-state index contributed by atoms with van der Waals surface area (Å²) >= 11 is 0. The van der Waals surface area contributed by atoms with Crippen LogP contribution in [-0.4, -0.2) is 90.9 Å². The lowest BCUT2D eigenvalue weighted by Crippen LogP contribution is -2.59. The molecular formula is C42H53N5O9S. The molecule has 6 aliphatic rings. The number of fused-ring (bicyclic) bond motifs is 5. The second-order valence-corrected chi connectivity index (χ2v) is 18.6. The average molecular weight is 804 g/mol. The van der Waals surface area contributed by atoms with Crippen molar-refractivity contribution in [1.29, 1.82) is 0 Å². The van der Waals surface area contributed by atoms with Crippen molar-refractivity contribution in [3.63, 3.8) is 0 Å².